The minimum Gasteiger partial charge on any atom is -0.407 e. The van der Waals surface area contributed by atoms with E-state index in [9.17, 15) is 19.7 Å². The number of hydrogen-bond acceptors (Lipinski definition) is 7. The van der Waals surface area contributed by atoms with Crippen LogP contribution >= 0.6 is 11.3 Å². The highest BCUT2D eigenvalue weighted by molar-refractivity contribution is 7.09. The van der Waals surface area contributed by atoms with Crippen molar-refractivity contribution < 1.29 is 14.1 Å². The number of amides is 1. The Labute approximate surface area is 163 Å². The quantitative estimate of drug-likeness (QED) is 0.477. The van der Waals surface area contributed by atoms with Gasteiger partial charge in [-0.15, -0.1) is 11.3 Å². The van der Waals surface area contributed by atoms with Crippen molar-refractivity contribution in [2.75, 3.05) is 26.2 Å². The molecule has 146 valence electrons. The molecular formula is C18H18N4O5S. The topological polar surface area (TPSA) is 102 Å². The second kappa shape index (κ2) is 7.56. The van der Waals surface area contributed by atoms with Crippen molar-refractivity contribution in [1.29, 1.82) is 0 Å². The van der Waals surface area contributed by atoms with Crippen LogP contribution in [-0.2, 0) is 17.9 Å². The van der Waals surface area contributed by atoms with Gasteiger partial charge in [0.2, 0.25) is 5.91 Å². The zero-order valence-electron chi connectivity index (χ0n) is 14.9. The van der Waals surface area contributed by atoms with Crippen molar-refractivity contribution in [2.45, 2.75) is 13.1 Å². The smallest absolute Gasteiger partial charge is 0.407 e. The van der Waals surface area contributed by atoms with Gasteiger partial charge < -0.3 is 9.32 Å². The van der Waals surface area contributed by atoms with Crippen LogP contribution in [0.1, 0.15) is 4.88 Å². The van der Waals surface area contributed by atoms with Gasteiger partial charge >= 0.3 is 5.76 Å². The van der Waals surface area contributed by atoms with Gasteiger partial charge in [0.25, 0.3) is 5.69 Å². The molecule has 4 rings (SSSR count). The Morgan fingerprint density at radius 1 is 1.21 bits per heavy atom. The maximum atomic E-state index is 12.7. The van der Waals surface area contributed by atoms with Crippen molar-refractivity contribution in [3.63, 3.8) is 0 Å². The van der Waals surface area contributed by atoms with Crippen LogP contribution in [0.2, 0.25) is 0 Å². The molecule has 1 aliphatic heterocycles. The van der Waals surface area contributed by atoms with E-state index in [2.05, 4.69) is 16.3 Å². The van der Waals surface area contributed by atoms with Crippen LogP contribution in [0.15, 0.2) is 44.9 Å². The van der Waals surface area contributed by atoms with Gasteiger partial charge in [0.05, 0.1) is 16.5 Å². The fourth-order valence-corrected chi connectivity index (χ4v) is 4.08. The zero-order valence-corrected chi connectivity index (χ0v) is 15.8. The number of carbonyl (C=O) groups excluding carboxylic acids is 1. The number of piperazine rings is 1. The summed E-state index contributed by atoms with van der Waals surface area (Å²) in [6.45, 7) is 3.48. The van der Waals surface area contributed by atoms with E-state index in [4.69, 9.17) is 4.42 Å². The molecule has 10 heteroatoms. The van der Waals surface area contributed by atoms with Crippen LogP contribution < -0.4 is 5.76 Å². The standard InChI is InChI=1S/C18H18N4O5S/c23-17(20-7-5-19(6-8-20)11-14-2-1-9-28-14)12-21-15-4-3-13(22(25)26)10-16(15)27-18(21)24/h1-4,9-10H,5-8,11-12H2. The normalized spacial score (nSPS) is 15.2. The number of fused-ring (bicyclic) bond motifs is 1. The number of nitro groups is 1. The van der Waals surface area contributed by atoms with Crippen LogP contribution in [0.3, 0.4) is 0 Å². The second-order valence-electron chi connectivity index (χ2n) is 6.60. The summed E-state index contributed by atoms with van der Waals surface area (Å²) in [7, 11) is 0. The lowest BCUT2D eigenvalue weighted by atomic mass is 10.2. The van der Waals surface area contributed by atoms with Gasteiger partial charge in [-0.25, -0.2) is 4.79 Å². The van der Waals surface area contributed by atoms with Gasteiger partial charge in [-0.3, -0.25) is 24.4 Å². The molecule has 3 aromatic rings. The Morgan fingerprint density at radius 3 is 2.68 bits per heavy atom. The minimum absolute atomic E-state index is 0.104. The first-order chi connectivity index (χ1) is 13.5. The summed E-state index contributed by atoms with van der Waals surface area (Å²) in [5, 5.41) is 12.9. The highest BCUT2D eigenvalue weighted by atomic mass is 32.1. The number of oxazole rings is 1. The number of rotatable bonds is 5. The third kappa shape index (κ3) is 3.69. The van der Waals surface area contributed by atoms with E-state index in [-0.39, 0.29) is 23.7 Å². The number of non-ortho nitro benzene ring substituents is 1. The third-order valence-electron chi connectivity index (χ3n) is 4.84. The minimum atomic E-state index is -0.694. The van der Waals surface area contributed by atoms with Crippen LogP contribution in [0.5, 0.6) is 0 Å². The van der Waals surface area contributed by atoms with Crippen molar-refractivity contribution in [3.05, 3.63) is 61.3 Å². The van der Waals surface area contributed by atoms with Gasteiger partial charge in [0.1, 0.15) is 6.54 Å². The summed E-state index contributed by atoms with van der Waals surface area (Å²) in [5.74, 6) is -0.862. The van der Waals surface area contributed by atoms with E-state index in [0.717, 1.165) is 19.6 Å². The van der Waals surface area contributed by atoms with Gasteiger partial charge in [-0.05, 0) is 17.5 Å². The van der Waals surface area contributed by atoms with Crippen molar-refractivity contribution in [3.8, 4) is 0 Å². The van der Waals surface area contributed by atoms with Crippen molar-refractivity contribution in [2.24, 2.45) is 0 Å². The fourth-order valence-electron chi connectivity index (χ4n) is 3.33. The summed E-state index contributed by atoms with van der Waals surface area (Å²) >= 11 is 1.72. The lowest BCUT2D eigenvalue weighted by molar-refractivity contribution is -0.384. The number of thiophene rings is 1. The largest absolute Gasteiger partial charge is 0.420 e. The molecule has 1 fully saturated rings. The average molecular weight is 402 g/mol. The summed E-state index contributed by atoms with van der Waals surface area (Å²) in [6.07, 6.45) is 0. The molecule has 0 N–H and O–H groups in total. The molecule has 0 bridgehead atoms. The van der Waals surface area contributed by atoms with E-state index in [1.54, 1.807) is 16.2 Å². The molecule has 1 aromatic carbocycles. The molecule has 1 amide bonds. The molecule has 0 spiro atoms. The molecule has 1 saturated heterocycles. The van der Waals surface area contributed by atoms with Gasteiger partial charge in [-0.1, -0.05) is 6.07 Å². The van der Waals surface area contributed by atoms with E-state index >= 15 is 0 Å². The summed E-state index contributed by atoms with van der Waals surface area (Å²) < 4.78 is 6.30. The van der Waals surface area contributed by atoms with Crippen LogP contribution in [0.25, 0.3) is 11.1 Å². The fraction of sp³-hybridized carbons (Fsp3) is 0.333. The van der Waals surface area contributed by atoms with E-state index in [0.29, 0.717) is 18.6 Å². The van der Waals surface area contributed by atoms with E-state index in [1.807, 2.05) is 6.07 Å². The Hall–Kier alpha value is -2.98. The second-order valence-corrected chi connectivity index (χ2v) is 7.63. The highest BCUT2D eigenvalue weighted by Gasteiger charge is 2.23. The van der Waals surface area contributed by atoms with Gasteiger partial charge in [0.15, 0.2) is 5.58 Å². The first kappa shape index (κ1) is 18.4. The lowest BCUT2D eigenvalue weighted by Crippen LogP contribution is -2.49. The Balaban J connectivity index is 1.42. The molecule has 0 atom stereocenters. The molecule has 28 heavy (non-hydrogen) atoms. The van der Waals surface area contributed by atoms with Crippen molar-refractivity contribution >= 4 is 34.0 Å². The zero-order chi connectivity index (χ0) is 19.7. The first-order valence-electron chi connectivity index (χ1n) is 8.81. The summed E-state index contributed by atoms with van der Waals surface area (Å²) in [4.78, 5) is 40.4. The molecule has 1 aliphatic rings. The Kier molecular flexibility index (Phi) is 4.97. The predicted octanol–water partition coefficient (Wildman–Crippen LogP) is 1.91. The van der Waals surface area contributed by atoms with E-state index < -0.39 is 10.7 Å². The maximum Gasteiger partial charge on any atom is 0.420 e. The summed E-state index contributed by atoms with van der Waals surface area (Å²) in [6, 6.07) is 8.05. The van der Waals surface area contributed by atoms with Crippen molar-refractivity contribution in [1.82, 2.24) is 14.4 Å². The molecular weight excluding hydrogens is 384 g/mol. The third-order valence-corrected chi connectivity index (χ3v) is 5.70. The highest BCUT2D eigenvalue weighted by Crippen LogP contribution is 2.20. The molecule has 9 nitrogen and oxygen atoms in total. The maximum absolute atomic E-state index is 12.7. The molecule has 2 aromatic heterocycles. The SMILES string of the molecule is O=C(Cn1c(=O)oc2cc([N+](=O)[O-])ccc21)N1CCN(Cc2cccs2)CC1. The first-order valence-corrected chi connectivity index (χ1v) is 9.69. The Morgan fingerprint density at radius 2 is 2.00 bits per heavy atom. The van der Waals surface area contributed by atoms with Gasteiger partial charge in [0, 0.05) is 43.7 Å². The predicted molar refractivity (Wildman–Crippen MR) is 103 cm³/mol. The van der Waals surface area contributed by atoms with Crippen LogP contribution in [0.4, 0.5) is 5.69 Å². The molecule has 0 unspecified atom stereocenters. The number of nitro benzene ring substituents is 1. The van der Waals surface area contributed by atoms with Crippen LogP contribution in [-0.4, -0.2) is 51.4 Å². The van der Waals surface area contributed by atoms with Crippen LogP contribution in [0, 0.1) is 10.1 Å². The summed E-state index contributed by atoms with van der Waals surface area (Å²) in [5.41, 5.74) is 0.314. The number of carbonyl (C=O) groups is 1. The van der Waals surface area contributed by atoms with Gasteiger partial charge in [-0.2, -0.15) is 0 Å². The molecule has 0 saturated carbocycles. The molecule has 0 radical (unpaired) electrons. The number of nitrogens with zero attached hydrogens (tertiary/aromatic N) is 4. The number of aromatic nitrogens is 1. The molecule has 0 aliphatic carbocycles. The molecule has 3 heterocycles. The Bertz CT molecular complexity index is 1060. The lowest BCUT2D eigenvalue weighted by Gasteiger charge is -2.34. The monoisotopic (exact) mass is 402 g/mol. The average Bonchev–Trinajstić information content (AvgIpc) is 3.29. The number of hydrogen-bond donors (Lipinski definition) is 0. The van der Waals surface area contributed by atoms with E-state index in [1.165, 1.54) is 27.6 Å². The number of benzene rings is 1.